The number of likely N-dealkylation sites (tertiary alicyclic amines) is 1. The normalized spacial score (nSPS) is 17.7. The van der Waals surface area contributed by atoms with Crippen LogP contribution < -0.4 is 5.32 Å². The molecule has 10 heteroatoms. The predicted molar refractivity (Wildman–Crippen MR) is 136 cm³/mol. The van der Waals surface area contributed by atoms with E-state index < -0.39 is 5.60 Å². The van der Waals surface area contributed by atoms with E-state index in [2.05, 4.69) is 34.3 Å². The lowest BCUT2D eigenvalue weighted by Gasteiger charge is -2.40. The summed E-state index contributed by atoms with van der Waals surface area (Å²) in [5.74, 6) is 2.41. The van der Waals surface area contributed by atoms with Gasteiger partial charge in [0.05, 0.1) is 0 Å². The summed E-state index contributed by atoms with van der Waals surface area (Å²) in [6.45, 7) is 14.6. The molecule has 1 N–H and O–H groups in total. The van der Waals surface area contributed by atoms with Crippen molar-refractivity contribution in [3.8, 4) is 0 Å². The number of ether oxygens (including phenoxy) is 1. The lowest BCUT2D eigenvalue weighted by Crippen LogP contribution is -2.52. The van der Waals surface area contributed by atoms with E-state index in [0.717, 1.165) is 57.3 Å². The van der Waals surface area contributed by atoms with Gasteiger partial charge in [0.15, 0.2) is 11.8 Å². The number of rotatable bonds is 7. The molecule has 9 nitrogen and oxygen atoms in total. The minimum absolute atomic E-state index is 0. The number of halogens is 1. The van der Waals surface area contributed by atoms with E-state index in [4.69, 9.17) is 9.73 Å². The van der Waals surface area contributed by atoms with E-state index >= 15 is 0 Å². The largest absolute Gasteiger partial charge is 0.444 e. The molecule has 182 valence electrons. The van der Waals surface area contributed by atoms with Crippen LogP contribution >= 0.6 is 24.0 Å². The van der Waals surface area contributed by atoms with Crippen LogP contribution in [-0.4, -0.2) is 74.4 Å². The van der Waals surface area contributed by atoms with Crippen LogP contribution in [0.1, 0.15) is 66.1 Å². The van der Waals surface area contributed by atoms with Gasteiger partial charge in [-0.25, -0.2) is 9.79 Å². The van der Waals surface area contributed by atoms with Gasteiger partial charge in [-0.3, -0.25) is 0 Å². The summed E-state index contributed by atoms with van der Waals surface area (Å²) in [5.41, 5.74) is -0.469. The number of nitrogens with zero attached hydrogens (tertiary/aromatic N) is 6. The van der Waals surface area contributed by atoms with Crippen molar-refractivity contribution in [1.29, 1.82) is 0 Å². The highest BCUT2D eigenvalue weighted by Crippen LogP contribution is 2.32. The second kappa shape index (κ2) is 12.0. The molecule has 0 atom stereocenters. The first-order chi connectivity index (χ1) is 14.8. The van der Waals surface area contributed by atoms with Crippen molar-refractivity contribution in [2.24, 2.45) is 10.9 Å². The Kier molecular flexibility index (Phi) is 10.0. The van der Waals surface area contributed by atoms with Crippen molar-refractivity contribution in [3.63, 3.8) is 0 Å². The van der Waals surface area contributed by atoms with Crippen molar-refractivity contribution >= 4 is 36.0 Å². The maximum Gasteiger partial charge on any atom is 0.410 e. The Balaban J connectivity index is 0.00000363. The predicted octanol–water partition coefficient (Wildman–Crippen LogP) is 3.49. The van der Waals surface area contributed by atoms with Gasteiger partial charge in [0.2, 0.25) is 0 Å². The second-order valence-electron chi connectivity index (χ2n) is 9.50. The van der Waals surface area contributed by atoms with Crippen molar-refractivity contribution in [2.45, 2.75) is 85.0 Å². The zero-order valence-corrected chi connectivity index (χ0v) is 22.5. The summed E-state index contributed by atoms with van der Waals surface area (Å²) < 4.78 is 7.73. The monoisotopic (exact) mass is 561 g/mol. The maximum atomic E-state index is 12.9. The Morgan fingerprint density at radius 1 is 1.25 bits per heavy atom. The average molecular weight is 562 g/mol. The molecule has 1 aliphatic carbocycles. The van der Waals surface area contributed by atoms with Crippen molar-refractivity contribution in [1.82, 2.24) is 29.9 Å². The highest BCUT2D eigenvalue weighted by molar-refractivity contribution is 14.0. The number of aliphatic imine (C=N–C) groups is 1. The number of amides is 1. The molecule has 1 saturated heterocycles. The molecule has 0 radical (unpaired) electrons. The minimum Gasteiger partial charge on any atom is -0.444 e. The minimum atomic E-state index is -0.469. The number of aromatic nitrogens is 3. The van der Waals surface area contributed by atoms with Gasteiger partial charge in [-0.2, -0.15) is 0 Å². The number of guanidine groups is 1. The summed E-state index contributed by atoms with van der Waals surface area (Å²) in [6, 6.07) is 0.220. The topological polar surface area (TPSA) is 87.9 Å². The van der Waals surface area contributed by atoms with Crippen LogP contribution in [0.3, 0.4) is 0 Å². The molecule has 1 aromatic heterocycles. The van der Waals surface area contributed by atoms with E-state index in [1.54, 1.807) is 6.33 Å². The highest BCUT2D eigenvalue weighted by Gasteiger charge is 2.35. The first-order valence-electron chi connectivity index (χ1n) is 11.7. The van der Waals surface area contributed by atoms with Crippen LogP contribution in [0.5, 0.6) is 0 Å². The molecule has 1 aromatic rings. The molecular weight excluding hydrogens is 521 g/mol. The van der Waals surface area contributed by atoms with Crippen LogP contribution in [0.15, 0.2) is 11.3 Å². The van der Waals surface area contributed by atoms with Crippen LogP contribution in [0.4, 0.5) is 4.79 Å². The molecule has 0 bridgehead atoms. The molecular formula is C22H40IN7O2. The van der Waals surface area contributed by atoms with E-state index in [1.165, 1.54) is 12.8 Å². The molecule has 2 aliphatic rings. The van der Waals surface area contributed by atoms with E-state index in [-0.39, 0.29) is 36.1 Å². The summed E-state index contributed by atoms with van der Waals surface area (Å²) in [4.78, 5) is 22.0. The third-order valence-electron chi connectivity index (χ3n) is 5.73. The molecule has 0 aromatic carbocycles. The maximum absolute atomic E-state index is 12.9. The Labute approximate surface area is 209 Å². The van der Waals surface area contributed by atoms with E-state index in [0.29, 0.717) is 12.5 Å². The van der Waals surface area contributed by atoms with Gasteiger partial charge in [-0.15, -0.1) is 34.2 Å². The summed E-state index contributed by atoms with van der Waals surface area (Å²) in [7, 11) is 0. The lowest BCUT2D eigenvalue weighted by molar-refractivity contribution is 0.00928. The molecule has 2 heterocycles. The first-order valence-corrected chi connectivity index (χ1v) is 11.7. The third-order valence-corrected chi connectivity index (χ3v) is 5.73. The van der Waals surface area contributed by atoms with Crippen LogP contribution in [-0.2, 0) is 17.8 Å². The fraction of sp³-hybridized carbons (Fsp3) is 0.818. The van der Waals surface area contributed by atoms with Gasteiger partial charge < -0.3 is 24.4 Å². The molecule has 1 aliphatic heterocycles. The first kappa shape index (κ1) is 26.7. The zero-order valence-electron chi connectivity index (χ0n) is 20.2. The number of hydrogen-bond donors (Lipinski definition) is 1. The van der Waals surface area contributed by atoms with Crippen molar-refractivity contribution in [3.05, 3.63) is 12.2 Å². The quantitative estimate of drug-likeness (QED) is 0.312. The Morgan fingerprint density at radius 3 is 2.50 bits per heavy atom. The SMILES string of the molecule is CCNC(=NCc1nncn1CC)N1CCC(N(CC2CC2)C(=O)OC(C)(C)C)CC1.I. The van der Waals surface area contributed by atoms with Crippen LogP contribution in [0.25, 0.3) is 0 Å². The van der Waals surface area contributed by atoms with Crippen LogP contribution in [0, 0.1) is 5.92 Å². The van der Waals surface area contributed by atoms with Gasteiger partial charge in [0, 0.05) is 38.8 Å². The third kappa shape index (κ3) is 7.77. The Bertz CT molecular complexity index is 750. The molecule has 1 saturated carbocycles. The van der Waals surface area contributed by atoms with Crippen molar-refractivity contribution in [2.75, 3.05) is 26.2 Å². The molecule has 2 fully saturated rings. The number of aryl methyl sites for hydroxylation is 1. The summed E-state index contributed by atoms with van der Waals surface area (Å²) >= 11 is 0. The summed E-state index contributed by atoms with van der Waals surface area (Å²) in [5, 5.41) is 11.6. The Morgan fingerprint density at radius 2 is 1.94 bits per heavy atom. The summed E-state index contributed by atoms with van der Waals surface area (Å²) in [6.07, 6.45) is 5.85. The number of hydrogen-bond acceptors (Lipinski definition) is 5. The lowest BCUT2D eigenvalue weighted by atomic mass is 10.0. The fourth-order valence-corrected chi connectivity index (χ4v) is 3.90. The molecule has 0 unspecified atom stereocenters. The van der Waals surface area contributed by atoms with Gasteiger partial charge in [-0.05, 0) is 66.2 Å². The van der Waals surface area contributed by atoms with Crippen LogP contribution in [0.2, 0.25) is 0 Å². The average Bonchev–Trinajstić information content (AvgIpc) is 3.43. The van der Waals surface area contributed by atoms with Gasteiger partial charge >= 0.3 is 6.09 Å². The zero-order chi connectivity index (χ0) is 22.4. The van der Waals surface area contributed by atoms with E-state index in [9.17, 15) is 4.79 Å². The second-order valence-corrected chi connectivity index (χ2v) is 9.50. The number of carbonyl (C=O) groups excluding carboxylic acids is 1. The number of nitrogens with one attached hydrogen (secondary N) is 1. The van der Waals surface area contributed by atoms with E-state index in [1.807, 2.05) is 30.2 Å². The standard InChI is InChI=1S/C22H39N7O2.HI/c1-6-23-20(24-14-19-26-25-16-27(19)7-2)28-12-10-18(11-13-28)29(15-17-8-9-17)21(30)31-22(3,4)5;/h16-18H,6-15H2,1-5H3,(H,23,24);1H. The van der Waals surface area contributed by atoms with Gasteiger partial charge in [0.25, 0.3) is 0 Å². The van der Waals surface area contributed by atoms with Gasteiger partial charge in [0.1, 0.15) is 18.5 Å². The highest BCUT2D eigenvalue weighted by atomic mass is 127. The smallest absolute Gasteiger partial charge is 0.410 e. The number of carbonyl (C=O) groups is 1. The molecule has 32 heavy (non-hydrogen) atoms. The molecule has 1 amide bonds. The van der Waals surface area contributed by atoms with Gasteiger partial charge in [-0.1, -0.05) is 0 Å². The molecule has 3 rings (SSSR count). The fourth-order valence-electron chi connectivity index (χ4n) is 3.90. The molecule has 0 spiro atoms. The Hall–Kier alpha value is -1.59. The number of piperidine rings is 1. The van der Waals surface area contributed by atoms with Crippen molar-refractivity contribution < 1.29 is 9.53 Å².